The van der Waals surface area contributed by atoms with Crippen LogP contribution in [0, 0.1) is 0 Å². The fourth-order valence-corrected chi connectivity index (χ4v) is 4.69. The van der Waals surface area contributed by atoms with Gasteiger partial charge in [-0.25, -0.2) is 9.78 Å². The van der Waals surface area contributed by atoms with Crippen molar-refractivity contribution in [1.29, 1.82) is 0 Å². The number of rotatable bonds is 7. The highest BCUT2D eigenvalue weighted by Crippen LogP contribution is 2.28. The summed E-state index contributed by atoms with van der Waals surface area (Å²) >= 11 is 0. The molecule has 0 saturated carbocycles. The summed E-state index contributed by atoms with van der Waals surface area (Å²) in [4.78, 5) is 33.6. The summed E-state index contributed by atoms with van der Waals surface area (Å²) in [5, 5.41) is 10.9. The van der Waals surface area contributed by atoms with E-state index in [1.54, 1.807) is 18.2 Å². The molecular formula is C32H30N6O4. The van der Waals surface area contributed by atoms with E-state index in [0.29, 0.717) is 46.3 Å². The molecule has 0 saturated heterocycles. The van der Waals surface area contributed by atoms with Crippen molar-refractivity contribution in [2.24, 2.45) is 7.05 Å². The van der Waals surface area contributed by atoms with Crippen molar-refractivity contribution in [3.8, 4) is 5.75 Å². The molecule has 10 heteroatoms. The minimum atomic E-state index is -0.487. The largest absolute Gasteiger partial charge is 0.489 e. The summed E-state index contributed by atoms with van der Waals surface area (Å²) in [6, 6.07) is 22.3. The van der Waals surface area contributed by atoms with Crippen LogP contribution in [-0.4, -0.2) is 31.5 Å². The van der Waals surface area contributed by atoms with Gasteiger partial charge >= 0.3 is 6.03 Å². The number of fused-ring (bicyclic) bond motifs is 2. The van der Waals surface area contributed by atoms with Crippen LogP contribution in [0.5, 0.6) is 5.75 Å². The highest BCUT2D eigenvalue weighted by molar-refractivity contribution is 6.11. The van der Waals surface area contributed by atoms with E-state index >= 15 is 0 Å². The van der Waals surface area contributed by atoms with Crippen LogP contribution < -0.4 is 15.4 Å². The van der Waals surface area contributed by atoms with Gasteiger partial charge in [0.25, 0.3) is 0 Å². The summed E-state index contributed by atoms with van der Waals surface area (Å²) in [6.07, 6.45) is 1.52. The molecule has 6 rings (SSSR count). The zero-order chi connectivity index (χ0) is 29.4. The molecule has 0 aliphatic carbocycles. The highest BCUT2D eigenvalue weighted by atomic mass is 16.5. The van der Waals surface area contributed by atoms with Crippen LogP contribution in [0.25, 0.3) is 21.9 Å². The molecule has 4 heterocycles. The van der Waals surface area contributed by atoms with Gasteiger partial charge in [-0.05, 0) is 42.0 Å². The van der Waals surface area contributed by atoms with Gasteiger partial charge in [0.15, 0.2) is 5.82 Å². The number of hydrogen-bond acceptors (Lipinski definition) is 6. The van der Waals surface area contributed by atoms with Gasteiger partial charge in [0.2, 0.25) is 5.78 Å². The van der Waals surface area contributed by atoms with Gasteiger partial charge in [0, 0.05) is 34.8 Å². The average molecular weight is 563 g/mol. The number of anilines is 2. The van der Waals surface area contributed by atoms with Crippen LogP contribution in [0.1, 0.15) is 48.3 Å². The summed E-state index contributed by atoms with van der Waals surface area (Å²) in [5.74, 6) is 1.53. The Hall–Kier alpha value is -5.38. The number of aromatic amines is 1. The standard InChI is InChI=1S/C32H30N6O4/c1-32(2,3)27-16-28(37-42-27)36-31(40)34-22-12-21-14-24(35-30(21)33-17-22)29(39)26-15-20-13-23(10-11-25(20)38(26)4)41-18-19-8-6-5-7-9-19/h5-17H,18H2,1-4H3,(H,33,35)(H2,34,36,37,40). The maximum Gasteiger partial charge on any atom is 0.324 e. The molecule has 0 radical (unpaired) electrons. The Labute approximate surface area is 241 Å². The number of carbonyl (C=O) groups excluding carboxylic acids is 2. The Kier molecular flexibility index (Phi) is 6.74. The number of H-pyrrole nitrogens is 1. The summed E-state index contributed by atoms with van der Waals surface area (Å²) in [7, 11) is 1.86. The fourth-order valence-electron chi connectivity index (χ4n) is 4.69. The quantitative estimate of drug-likeness (QED) is 0.184. The fraction of sp³-hybridized carbons (Fsp3) is 0.188. The number of aromatic nitrogens is 4. The minimum absolute atomic E-state index is 0.175. The zero-order valence-electron chi connectivity index (χ0n) is 23.7. The first kappa shape index (κ1) is 26.8. The Morgan fingerprint density at radius 2 is 1.79 bits per heavy atom. The highest BCUT2D eigenvalue weighted by Gasteiger charge is 2.21. The molecule has 0 bridgehead atoms. The number of nitrogens with one attached hydrogen (secondary N) is 3. The van der Waals surface area contributed by atoms with E-state index in [9.17, 15) is 9.59 Å². The van der Waals surface area contributed by atoms with Crippen LogP contribution in [0.3, 0.4) is 0 Å². The van der Waals surface area contributed by atoms with Gasteiger partial charge < -0.3 is 24.1 Å². The SMILES string of the molecule is Cn1c(C(=O)c2cc3cc(NC(=O)Nc4cc(C(C)(C)C)on4)cnc3[nH]2)cc2cc(OCc3ccccc3)ccc21. The first-order chi connectivity index (χ1) is 20.1. The molecule has 2 amide bonds. The first-order valence-electron chi connectivity index (χ1n) is 13.5. The molecule has 2 aromatic carbocycles. The van der Waals surface area contributed by atoms with E-state index in [4.69, 9.17) is 9.26 Å². The van der Waals surface area contributed by atoms with Crippen LogP contribution in [0.2, 0.25) is 0 Å². The van der Waals surface area contributed by atoms with Crippen LogP contribution in [-0.2, 0) is 19.1 Å². The van der Waals surface area contributed by atoms with Crippen molar-refractivity contribution in [3.63, 3.8) is 0 Å². The van der Waals surface area contributed by atoms with Crippen molar-refractivity contribution in [2.45, 2.75) is 32.8 Å². The zero-order valence-corrected chi connectivity index (χ0v) is 23.7. The maximum atomic E-state index is 13.5. The second-order valence-electron chi connectivity index (χ2n) is 11.2. The lowest BCUT2D eigenvalue weighted by Gasteiger charge is -2.12. The molecule has 0 atom stereocenters. The lowest BCUT2D eigenvalue weighted by molar-refractivity contribution is 0.102. The van der Waals surface area contributed by atoms with E-state index in [1.165, 1.54) is 6.20 Å². The number of amides is 2. The number of ether oxygens (including phenoxy) is 1. The third-order valence-corrected chi connectivity index (χ3v) is 6.96. The summed E-state index contributed by atoms with van der Waals surface area (Å²) < 4.78 is 13.1. The molecule has 3 N–H and O–H groups in total. The third kappa shape index (κ3) is 5.46. The van der Waals surface area contributed by atoms with Crippen LogP contribution >= 0.6 is 0 Å². The predicted octanol–water partition coefficient (Wildman–Crippen LogP) is 6.79. The number of benzene rings is 2. The number of carbonyl (C=O) groups is 2. The Morgan fingerprint density at radius 3 is 2.55 bits per heavy atom. The molecule has 0 aliphatic rings. The topological polar surface area (TPSA) is 127 Å². The van der Waals surface area contributed by atoms with Gasteiger partial charge in [0.1, 0.15) is 23.8 Å². The van der Waals surface area contributed by atoms with E-state index in [1.807, 2.05) is 87.0 Å². The number of pyridine rings is 1. The van der Waals surface area contributed by atoms with E-state index in [0.717, 1.165) is 22.2 Å². The normalized spacial score (nSPS) is 11.6. The first-order valence-corrected chi connectivity index (χ1v) is 13.5. The van der Waals surface area contributed by atoms with Crippen molar-refractivity contribution >= 4 is 45.3 Å². The number of nitrogens with zero attached hydrogens (tertiary/aromatic N) is 3. The monoisotopic (exact) mass is 562 g/mol. The molecule has 0 spiro atoms. The van der Waals surface area contributed by atoms with Gasteiger partial charge in [-0.15, -0.1) is 0 Å². The molecular weight excluding hydrogens is 532 g/mol. The van der Waals surface area contributed by atoms with E-state index in [-0.39, 0.29) is 11.2 Å². The van der Waals surface area contributed by atoms with Gasteiger partial charge in [-0.2, -0.15) is 0 Å². The van der Waals surface area contributed by atoms with Crippen molar-refractivity contribution in [1.82, 2.24) is 19.7 Å². The van der Waals surface area contributed by atoms with Gasteiger partial charge in [0.05, 0.1) is 23.3 Å². The third-order valence-electron chi connectivity index (χ3n) is 6.96. The Balaban J connectivity index is 1.17. The Morgan fingerprint density at radius 1 is 0.976 bits per heavy atom. The molecule has 0 fully saturated rings. The van der Waals surface area contributed by atoms with Crippen molar-refractivity contribution in [2.75, 3.05) is 10.6 Å². The predicted molar refractivity (Wildman–Crippen MR) is 161 cm³/mol. The second kappa shape index (κ2) is 10.5. The van der Waals surface area contributed by atoms with E-state index < -0.39 is 6.03 Å². The summed E-state index contributed by atoms with van der Waals surface area (Å²) in [5.41, 5.74) is 3.68. The Bertz CT molecular complexity index is 1930. The number of ketones is 1. The molecule has 42 heavy (non-hydrogen) atoms. The number of urea groups is 1. The number of hydrogen-bond donors (Lipinski definition) is 3. The lowest BCUT2D eigenvalue weighted by Crippen LogP contribution is -2.19. The van der Waals surface area contributed by atoms with Crippen molar-refractivity contribution in [3.05, 3.63) is 102 Å². The number of aryl methyl sites for hydroxylation is 1. The van der Waals surface area contributed by atoms with Crippen LogP contribution in [0.15, 0.2) is 83.5 Å². The van der Waals surface area contributed by atoms with Gasteiger partial charge in [-0.3, -0.25) is 10.1 Å². The molecule has 4 aromatic heterocycles. The summed E-state index contributed by atoms with van der Waals surface area (Å²) in [6.45, 7) is 6.44. The molecule has 10 nitrogen and oxygen atoms in total. The van der Waals surface area contributed by atoms with Crippen molar-refractivity contribution < 1.29 is 18.8 Å². The molecule has 0 aliphatic heterocycles. The smallest absolute Gasteiger partial charge is 0.324 e. The molecule has 6 aromatic rings. The van der Waals surface area contributed by atoms with E-state index in [2.05, 4.69) is 25.8 Å². The average Bonchev–Trinajstić information content (AvgIpc) is 3.69. The molecule has 212 valence electrons. The molecule has 0 unspecified atom stereocenters. The van der Waals surface area contributed by atoms with Crippen LogP contribution in [0.4, 0.5) is 16.3 Å². The van der Waals surface area contributed by atoms with Gasteiger partial charge in [-0.1, -0.05) is 56.3 Å². The lowest BCUT2D eigenvalue weighted by atomic mass is 9.93. The minimum Gasteiger partial charge on any atom is -0.489 e. The second-order valence-corrected chi connectivity index (χ2v) is 11.2. The maximum absolute atomic E-state index is 13.5.